The van der Waals surface area contributed by atoms with Crippen LogP contribution >= 0.6 is 11.3 Å². The van der Waals surface area contributed by atoms with Crippen molar-refractivity contribution >= 4 is 42.8 Å². The first-order valence-corrected chi connectivity index (χ1v) is 18.8. The van der Waals surface area contributed by atoms with Gasteiger partial charge in [-0.3, -0.25) is 4.72 Å². The zero-order chi connectivity index (χ0) is 32.6. The molecule has 1 aliphatic heterocycles. The molecule has 3 aliphatic carbocycles. The third kappa shape index (κ3) is 5.16. The van der Waals surface area contributed by atoms with E-state index in [9.17, 15) is 25.6 Å². The molecule has 9 nitrogen and oxygen atoms in total. The maximum atomic E-state index is 16.2. The molecule has 15 heteroatoms. The van der Waals surface area contributed by atoms with Crippen LogP contribution in [0.25, 0.3) is 21.8 Å². The molecule has 2 unspecified atom stereocenters. The van der Waals surface area contributed by atoms with Gasteiger partial charge in [0, 0.05) is 23.2 Å². The van der Waals surface area contributed by atoms with Crippen LogP contribution in [0.1, 0.15) is 51.0 Å². The van der Waals surface area contributed by atoms with E-state index in [0.717, 1.165) is 42.5 Å². The van der Waals surface area contributed by atoms with Crippen molar-refractivity contribution in [1.29, 1.82) is 0 Å². The summed E-state index contributed by atoms with van der Waals surface area (Å²) >= 11 is 1.40. The lowest BCUT2D eigenvalue weighted by molar-refractivity contribution is -0.0274. The van der Waals surface area contributed by atoms with Crippen molar-refractivity contribution in [3.8, 4) is 21.8 Å². The molecule has 46 heavy (non-hydrogen) atoms. The quantitative estimate of drug-likeness (QED) is 0.220. The third-order valence-corrected chi connectivity index (χ3v) is 14.7. The molecule has 2 N–H and O–H groups in total. The van der Waals surface area contributed by atoms with Gasteiger partial charge in [0.25, 0.3) is 10.0 Å². The average Bonchev–Trinajstić information content (AvgIpc) is 3.36. The number of benzene rings is 2. The fourth-order valence-electron chi connectivity index (χ4n) is 6.79. The van der Waals surface area contributed by atoms with Gasteiger partial charge < -0.3 is 5.32 Å². The van der Waals surface area contributed by atoms with Crippen LogP contribution in [0, 0.1) is 23.4 Å². The molecule has 2 bridgehead atoms. The van der Waals surface area contributed by atoms with E-state index in [1.54, 1.807) is 26.1 Å². The topological polar surface area (TPSA) is 131 Å². The van der Waals surface area contributed by atoms with Crippen LogP contribution < -0.4 is 10.0 Å². The summed E-state index contributed by atoms with van der Waals surface area (Å²) in [4.78, 5) is 13.3. The monoisotopic (exact) mass is 689 g/mol. The van der Waals surface area contributed by atoms with Crippen molar-refractivity contribution in [3.63, 3.8) is 0 Å². The van der Waals surface area contributed by atoms with Crippen LogP contribution in [-0.4, -0.2) is 48.3 Å². The van der Waals surface area contributed by atoms with Gasteiger partial charge in [-0.2, -0.15) is 0 Å². The van der Waals surface area contributed by atoms with E-state index in [0.29, 0.717) is 35.3 Å². The van der Waals surface area contributed by atoms with E-state index >= 15 is 4.39 Å². The molecule has 2 aromatic carbocycles. The Labute approximate surface area is 268 Å². The second-order valence-electron chi connectivity index (χ2n) is 12.6. The van der Waals surface area contributed by atoms with Crippen LogP contribution in [0.5, 0.6) is 0 Å². The Hall–Kier alpha value is -3.56. The Kier molecular flexibility index (Phi) is 7.44. The molecule has 4 fully saturated rings. The summed E-state index contributed by atoms with van der Waals surface area (Å²) in [7, 11) is -8.02. The molecule has 4 aliphatic rings. The van der Waals surface area contributed by atoms with E-state index in [4.69, 9.17) is 9.97 Å². The van der Waals surface area contributed by atoms with Crippen molar-refractivity contribution in [2.24, 2.45) is 5.92 Å². The summed E-state index contributed by atoms with van der Waals surface area (Å²) < 4.78 is 97.8. The van der Waals surface area contributed by atoms with E-state index < -0.39 is 58.4 Å². The van der Waals surface area contributed by atoms with Gasteiger partial charge in [-0.25, -0.2) is 45.0 Å². The minimum Gasteiger partial charge on any atom is -0.351 e. The number of hydrogen-bond acceptors (Lipinski definition) is 9. The molecule has 3 heterocycles. The number of sulfone groups is 1. The molecule has 4 aromatic rings. The number of sulfonamides is 1. The zero-order valence-corrected chi connectivity index (χ0v) is 27.2. The van der Waals surface area contributed by atoms with Crippen molar-refractivity contribution in [2.45, 2.75) is 72.8 Å². The fourth-order valence-corrected chi connectivity index (χ4v) is 11.1. The van der Waals surface area contributed by atoms with Gasteiger partial charge in [0.2, 0.25) is 5.95 Å². The number of nitrogens with one attached hydrogen (secondary N) is 2. The number of halogens is 3. The maximum absolute atomic E-state index is 16.2. The minimum absolute atomic E-state index is 0.00781. The first-order valence-electron chi connectivity index (χ1n) is 14.9. The highest BCUT2D eigenvalue weighted by Gasteiger charge is 2.59. The van der Waals surface area contributed by atoms with E-state index in [-0.39, 0.29) is 22.7 Å². The number of anilines is 2. The van der Waals surface area contributed by atoms with Crippen molar-refractivity contribution in [1.82, 2.24) is 15.0 Å². The Balaban J connectivity index is 1.25. The summed E-state index contributed by atoms with van der Waals surface area (Å²) in [6, 6.07) is 8.23. The smallest absolute Gasteiger partial charge is 0.267 e. The molecule has 242 valence electrons. The molecule has 0 spiro atoms. The van der Waals surface area contributed by atoms with Gasteiger partial charge in [-0.1, -0.05) is 12.1 Å². The lowest BCUT2D eigenvalue weighted by atomic mass is 9.45. The van der Waals surface area contributed by atoms with Crippen LogP contribution in [0.2, 0.25) is 0 Å². The molecular formula is C31H30F3N5O4S3. The Bertz CT molecular complexity index is 2030. The second-order valence-corrected chi connectivity index (χ2v) is 18.0. The maximum Gasteiger partial charge on any atom is 0.267 e. The molecule has 8 rings (SSSR count). The number of hydrogen-bond donors (Lipinski definition) is 2. The van der Waals surface area contributed by atoms with Gasteiger partial charge in [-0.15, -0.1) is 11.3 Å². The normalized spacial score (nSPS) is 26.5. The molecule has 2 atom stereocenters. The standard InChI is InChI=1S/C31H30F3N5O4S3/c1-16-11-19(12-17(2)45(16,40)41)36-30-35-10-9-24(37-30)27-26(38-29(44-27)31-13-18(14-31)15-31)20-5-3-8-23(25(20)34)39-46(42,43)28-21(32)6-4-7-22(28)33/h3-10,16-19,39H,11-15H2,1-2H3,(H,35,36,37). The first kappa shape index (κ1) is 31.1. The summed E-state index contributed by atoms with van der Waals surface area (Å²) in [5, 5.41) is 3.09. The van der Waals surface area contributed by atoms with Crippen molar-refractivity contribution in [3.05, 3.63) is 71.1 Å². The Morgan fingerprint density at radius 1 is 0.935 bits per heavy atom. The fraction of sp³-hybridized carbons (Fsp3) is 0.387. The largest absolute Gasteiger partial charge is 0.351 e. The van der Waals surface area contributed by atoms with E-state index in [1.807, 2.05) is 4.72 Å². The third-order valence-electron chi connectivity index (χ3n) is 9.38. The summed E-state index contributed by atoms with van der Waals surface area (Å²) in [6.45, 7) is 3.39. The highest BCUT2D eigenvalue weighted by molar-refractivity contribution is 7.93. The number of thiazole rings is 1. The van der Waals surface area contributed by atoms with Crippen LogP contribution in [0.4, 0.5) is 24.8 Å². The predicted octanol–water partition coefficient (Wildman–Crippen LogP) is 6.30. The molecular weight excluding hydrogens is 660 g/mol. The van der Waals surface area contributed by atoms with Crippen molar-refractivity contribution < 1.29 is 30.0 Å². The first-order chi connectivity index (χ1) is 21.8. The van der Waals surface area contributed by atoms with Crippen LogP contribution in [-0.2, 0) is 25.3 Å². The summed E-state index contributed by atoms with van der Waals surface area (Å²) in [5.41, 5.74) is 0.148. The number of nitrogens with zero attached hydrogens (tertiary/aromatic N) is 3. The molecule has 0 radical (unpaired) electrons. The van der Waals surface area contributed by atoms with Gasteiger partial charge in [-0.05, 0) is 82.2 Å². The van der Waals surface area contributed by atoms with Crippen molar-refractivity contribution in [2.75, 3.05) is 10.0 Å². The SMILES string of the molecule is CC1CC(Nc2nccc(-c3sc(C45CC(C4)C5)nc3-c3cccc(NS(=O)(=O)c4c(F)cccc4F)c3F)n2)CC(C)S1(=O)=O. The summed E-state index contributed by atoms with van der Waals surface area (Å²) in [5.74, 6) is -2.62. The molecule has 0 amide bonds. The lowest BCUT2D eigenvalue weighted by Crippen LogP contribution is -2.55. The summed E-state index contributed by atoms with van der Waals surface area (Å²) in [6.07, 6.45) is 5.36. The lowest BCUT2D eigenvalue weighted by Gasteiger charge is -2.60. The van der Waals surface area contributed by atoms with E-state index in [2.05, 4.69) is 10.3 Å². The molecule has 2 aromatic heterocycles. The van der Waals surface area contributed by atoms with Gasteiger partial charge >= 0.3 is 0 Å². The van der Waals surface area contributed by atoms with Gasteiger partial charge in [0.1, 0.15) is 16.6 Å². The van der Waals surface area contributed by atoms with Crippen LogP contribution in [0.15, 0.2) is 53.6 Å². The number of aromatic nitrogens is 3. The Morgan fingerprint density at radius 2 is 1.59 bits per heavy atom. The van der Waals surface area contributed by atoms with E-state index in [1.165, 1.54) is 29.5 Å². The Morgan fingerprint density at radius 3 is 2.22 bits per heavy atom. The zero-order valence-electron chi connectivity index (χ0n) is 24.8. The minimum atomic E-state index is -4.82. The average molecular weight is 690 g/mol. The predicted molar refractivity (Wildman–Crippen MR) is 169 cm³/mol. The van der Waals surface area contributed by atoms with Crippen LogP contribution in [0.3, 0.4) is 0 Å². The number of rotatable bonds is 8. The molecule has 1 saturated heterocycles. The molecule has 3 saturated carbocycles. The second kappa shape index (κ2) is 11.0. The van der Waals surface area contributed by atoms with Gasteiger partial charge in [0.15, 0.2) is 20.5 Å². The highest BCUT2D eigenvalue weighted by Crippen LogP contribution is 2.66. The van der Waals surface area contributed by atoms with Gasteiger partial charge in [0.05, 0.1) is 32.5 Å². The highest BCUT2D eigenvalue weighted by atomic mass is 32.2.